The van der Waals surface area contributed by atoms with E-state index < -0.39 is 0 Å². The monoisotopic (exact) mass is 344 g/mol. The minimum Gasteiger partial charge on any atom is -0.352 e. The quantitative estimate of drug-likeness (QED) is 0.879. The lowest BCUT2D eigenvalue weighted by Crippen LogP contribution is -2.33. The largest absolute Gasteiger partial charge is 0.352 e. The number of piperidine rings is 1. The van der Waals surface area contributed by atoms with Crippen molar-refractivity contribution in [2.75, 3.05) is 19.6 Å². The summed E-state index contributed by atoms with van der Waals surface area (Å²) in [6.45, 7) is 2.90. The van der Waals surface area contributed by atoms with E-state index in [0.717, 1.165) is 24.0 Å². The molecule has 2 N–H and O–H groups in total. The van der Waals surface area contributed by atoms with Crippen LogP contribution in [-0.4, -0.2) is 25.5 Å². The first-order valence-electron chi connectivity index (χ1n) is 6.61. The molecule has 1 amide bonds. The molecule has 1 aromatic carbocycles. The molecule has 0 radical (unpaired) electrons. The topological polar surface area (TPSA) is 41.1 Å². The van der Waals surface area contributed by atoms with Crippen LogP contribution in [0.1, 0.15) is 29.6 Å². The molecule has 2 rings (SSSR count). The fourth-order valence-corrected chi connectivity index (χ4v) is 2.93. The average molecular weight is 346 g/mol. The van der Waals surface area contributed by atoms with E-state index in [2.05, 4.69) is 26.6 Å². The Morgan fingerprint density at radius 3 is 3.11 bits per heavy atom. The van der Waals surface area contributed by atoms with Crippen LogP contribution in [0.5, 0.6) is 0 Å². The Morgan fingerprint density at radius 1 is 1.53 bits per heavy atom. The van der Waals surface area contributed by atoms with Gasteiger partial charge in [0.05, 0.1) is 5.56 Å². The SMILES string of the molecule is O=C(NCC[C@@H]1CCCNC1)c1cc(Cl)ccc1Br. The summed E-state index contributed by atoms with van der Waals surface area (Å²) in [5, 5.41) is 6.92. The lowest BCUT2D eigenvalue weighted by molar-refractivity contribution is 0.0950. The summed E-state index contributed by atoms with van der Waals surface area (Å²) in [6.07, 6.45) is 3.51. The number of nitrogens with one attached hydrogen (secondary N) is 2. The van der Waals surface area contributed by atoms with Crippen LogP contribution in [0.25, 0.3) is 0 Å². The van der Waals surface area contributed by atoms with Gasteiger partial charge in [0, 0.05) is 16.0 Å². The molecular formula is C14H18BrClN2O. The molecule has 1 atom stereocenters. The Hall–Kier alpha value is -0.580. The first-order chi connectivity index (χ1) is 9.16. The van der Waals surface area contributed by atoms with Gasteiger partial charge in [-0.1, -0.05) is 11.6 Å². The predicted octanol–water partition coefficient (Wildman–Crippen LogP) is 3.22. The average Bonchev–Trinajstić information content (AvgIpc) is 2.42. The van der Waals surface area contributed by atoms with Gasteiger partial charge in [0.25, 0.3) is 5.91 Å². The van der Waals surface area contributed by atoms with Crippen molar-refractivity contribution in [1.82, 2.24) is 10.6 Å². The maximum absolute atomic E-state index is 12.0. The van der Waals surface area contributed by atoms with Gasteiger partial charge in [-0.15, -0.1) is 0 Å². The minimum absolute atomic E-state index is 0.0712. The molecule has 0 aromatic heterocycles. The highest BCUT2D eigenvalue weighted by Crippen LogP contribution is 2.21. The Morgan fingerprint density at radius 2 is 2.37 bits per heavy atom. The Labute approximate surface area is 127 Å². The summed E-state index contributed by atoms with van der Waals surface area (Å²) < 4.78 is 0.772. The minimum atomic E-state index is -0.0712. The third kappa shape index (κ3) is 4.48. The van der Waals surface area contributed by atoms with Crippen molar-refractivity contribution in [3.63, 3.8) is 0 Å². The van der Waals surface area contributed by atoms with Crippen molar-refractivity contribution in [2.24, 2.45) is 5.92 Å². The molecule has 1 fully saturated rings. The molecule has 1 aliphatic heterocycles. The summed E-state index contributed by atoms with van der Waals surface area (Å²) >= 11 is 9.28. The molecule has 1 heterocycles. The molecule has 0 spiro atoms. The number of rotatable bonds is 4. The molecule has 0 aliphatic carbocycles. The van der Waals surface area contributed by atoms with Crippen molar-refractivity contribution in [2.45, 2.75) is 19.3 Å². The highest BCUT2D eigenvalue weighted by atomic mass is 79.9. The Kier molecular flexibility index (Phi) is 5.67. The van der Waals surface area contributed by atoms with Crippen LogP contribution < -0.4 is 10.6 Å². The highest BCUT2D eigenvalue weighted by Gasteiger charge is 2.14. The van der Waals surface area contributed by atoms with Crippen LogP contribution in [0.4, 0.5) is 0 Å². The van der Waals surface area contributed by atoms with Gasteiger partial charge in [-0.3, -0.25) is 4.79 Å². The zero-order valence-electron chi connectivity index (χ0n) is 10.7. The van der Waals surface area contributed by atoms with E-state index in [1.807, 2.05) is 0 Å². The van der Waals surface area contributed by atoms with E-state index in [0.29, 0.717) is 23.0 Å². The van der Waals surface area contributed by atoms with E-state index >= 15 is 0 Å². The number of hydrogen-bond acceptors (Lipinski definition) is 2. The first kappa shape index (κ1) is 14.8. The summed E-state index contributed by atoms with van der Waals surface area (Å²) in [5.74, 6) is 0.606. The lowest BCUT2D eigenvalue weighted by atomic mass is 9.96. The molecule has 0 unspecified atom stereocenters. The van der Waals surface area contributed by atoms with Gasteiger partial charge in [-0.2, -0.15) is 0 Å². The number of benzene rings is 1. The van der Waals surface area contributed by atoms with Gasteiger partial charge in [0.2, 0.25) is 0 Å². The first-order valence-corrected chi connectivity index (χ1v) is 7.78. The second-order valence-electron chi connectivity index (χ2n) is 4.88. The standard InChI is InChI=1S/C14H18BrClN2O/c15-13-4-3-11(16)8-12(13)14(19)18-7-5-10-2-1-6-17-9-10/h3-4,8,10,17H,1-2,5-7,9H2,(H,18,19)/t10-/m0/s1. The molecular weight excluding hydrogens is 328 g/mol. The van der Waals surface area contributed by atoms with Crippen molar-refractivity contribution < 1.29 is 4.79 Å². The fraction of sp³-hybridized carbons (Fsp3) is 0.500. The van der Waals surface area contributed by atoms with Crippen LogP contribution in [0, 0.1) is 5.92 Å². The molecule has 0 bridgehead atoms. The van der Waals surface area contributed by atoms with Gasteiger partial charge in [-0.25, -0.2) is 0 Å². The van der Waals surface area contributed by atoms with Gasteiger partial charge in [0.15, 0.2) is 0 Å². The highest BCUT2D eigenvalue weighted by molar-refractivity contribution is 9.10. The number of hydrogen-bond donors (Lipinski definition) is 2. The molecule has 1 aliphatic rings. The van der Waals surface area contributed by atoms with Crippen LogP contribution >= 0.6 is 27.5 Å². The second-order valence-corrected chi connectivity index (χ2v) is 6.17. The number of carbonyl (C=O) groups is 1. The molecule has 19 heavy (non-hydrogen) atoms. The van der Waals surface area contributed by atoms with Crippen LogP contribution in [-0.2, 0) is 0 Å². The maximum Gasteiger partial charge on any atom is 0.252 e. The molecule has 3 nitrogen and oxygen atoms in total. The van der Waals surface area contributed by atoms with Gasteiger partial charge in [0.1, 0.15) is 0 Å². The van der Waals surface area contributed by atoms with Gasteiger partial charge >= 0.3 is 0 Å². The third-order valence-corrected chi connectivity index (χ3v) is 4.34. The Balaban J connectivity index is 1.82. The van der Waals surface area contributed by atoms with Crippen molar-refractivity contribution in [3.05, 3.63) is 33.3 Å². The second kappa shape index (κ2) is 7.27. The van der Waals surface area contributed by atoms with E-state index in [-0.39, 0.29) is 5.91 Å². The Bertz CT molecular complexity index is 447. The lowest BCUT2D eigenvalue weighted by Gasteiger charge is -2.22. The normalized spacial score (nSPS) is 19.2. The van der Waals surface area contributed by atoms with E-state index in [9.17, 15) is 4.79 Å². The molecule has 104 valence electrons. The number of halogens is 2. The van der Waals surface area contributed by atoms with Crippen molar-refractivity contribution >= 4 is 33.4 Å². The molecule has 1 aromatic rings. The summed E-state index contributed by atoms with van der Waals surface area (Å²) in [4.78, 5) is 12.0. The molecule has 1 saturated heterocycles. The zero-order chi connectivity index (χ0) is 13.7. The molecule has 5 heteroatoms. The zero-order valence-corrected chi connectivity index (χ0v) is 13.1. The van der Waals surface area contributed by atoms with Crippen LogP contribution in [0.15, 0.2) is 22.7 Å². The maximum atomic E-state index is 12.0. The van der Waals surface area contributed by atoms with E-state index in [1.54, 1.807) is 18.2 Å². The van der Waals surface area contributed by atoms with Crippen molar-refractivity contribution in [3.8, 4) is 0 Å². The van der Waals surface area contributed by atoms with Crippen LogP contribution in [0.3, 0.4) is 0 Å². The van der Waals surface area contributed by atoms with Crippen molar-refractivity contribution in [1.29, 1.82) is 0 Å². The number of carbonyl (C=O) groups excluding carboxylic acids is 1. The summed E-state index contributed by atoms with van der Waals surface area (Å²) in [7, 11) is 0. The number of amides is 1. The summed E-state index contributed by atoms with van der Waals surface area (Å²) in [6, 6.07) is 5.24. The summed E-state index contributed by atoms with van der Waals surface area (Å²) in [5.41, 5.74) is 0.592. The van der Waals surface area contributed by atoms with Gasteiger partial charge < -0.3 is 10.6 Å². The van der Waals surface area contributed by atoms with Crippen LogP contribution in [0.2, 0.25) is 5.02 Å². The van der Waals surface area contributed by atoms with E-state index in [1.165, 1.54) is 12.8 Å². The van der Waals surface area contributed by atoms with E-state index in [4.69, 9.17) is 11.6 Å². The smallest absolute Gasteiger partial charge is 0.252 e. The predicted molar refractivity (Wildman–Crippen MR) is 81.7 cm³/mol. The fourth-order valence-electron chi connectivity index (χ4n) is 2.33. The van der Waals surface area contributed by atoms with Gasteiger partial charge in [-0.05, 0) is 72.4 Å². The third-order valence-electron chi connectivity index (χ3n) is 3.41. The molecule has 0 saturated carbocycles.